The van der Waals surface area contributed by atoms with E-state index in [-0.39, 0.29) is 25.0 Å². The molecule has 0 radical (unpaired) electrons. The first-order valence-corrected chi connectivity index (χ1v) is 12.5. The molecule has 0 aromatic heterocycles. The fourth-order valence-electron chi connectivity index (χ4n) is 4.32. The lowest BCUT2D eigenvalue weighted by atomic mass is 10.0. The maximum atomic E-state index is 13.1. The number of hydrogen-bond donors (Lipinski definition) is 2. The first kappa shape index (κ1) is 26.0. The van der Waals surface area contributed by atoms with Gasteiger partial charge in [-0.1, -0.05) is 72.8 Å². The van der Waals surface area contributed by atoms with Gasteiger partial charge in [-0.3, -0.25) is 0 Å². The van der Waals surface area contributed by atoms with E-state index in [1.807, 2.05) is 72.8 Å². The van der Waals surface area contributed by atoms with Gasteiger partial charge in [-0.05, 0) is 54.6 Å². The zero-order chi connectivity index (χ0) is 25.9. The van der Waals surface area contributed by atoms with E-state index in [0.29, 0.717) is 6.54 Å². The summed E-state index contributed by atoms with van der Waals surface area (Å²) in [5, 5.41) is 10.8. The summed E-state index contributed by atoms with van der Waals surface area (Å²) in [6.07, 6.45) is 1.10. The molecule has 3 aromatic rings. The number of phenolic OH excluding ortho intramolecular Hbond substituents is 1. The quantitative estimate of drug-likeness (QED) is 0.426. The Hall–Kier alpha value is -4.04. The van der Waals surface area contributed by atoms with Gasteiger partial charge in [0.05, 0.1) is 6.04 Å². The van der Waals surface area contributed by atoms with E-state index in [2.05, 4.69) is 10.3 Å². The molecule has 0 aliphatic carbocycles. The number of carbonyl (C=O) groups is 2. The van der Waals surface area contributed by atoms with Crippen LogP contribution in [0.1, 0.15) is 29.5 Å². The summed E-state index contributed by atoms with van der Waals surface area (Å²) in [5.41, 5.74) is 5.48. The van der Waals surface area contributed by atoms with Gasteiger partial charge in [-0.2, -0.15) is 0 Å². The third-order valence-corrected chi connectivity index (χ3v) is 6.33. The summed E-state index contributed by atoms with van der Waals surface area (Å²) in [6, 6.07) is 25.7. The van der Waals surface area contributed by atoms with Gasteiger partial charge < -0.3 is 19.5 Å². The second kappa shape index (κ2) is 13.3. The van der Waals surface area contributed by atoms with Gasteiger partial charge in [0, 0.05) is 13.1 Å². The van der Waals surface area contributed by atoms with Crippen LogP contribution in [0.5, 0.6) is 5.75 Å². The standard InChI is InChI=1S/C29H33N3O5/c33-27-15-13-23(14-16-27)17-19-31-18-7-12-26(20-31)32(29(35)37-22-25-10-5-2-6-11-25)30-28(34)36-21-24-8-3-1-4-9-24/h1-6,8-11,13-16,26,33H,7,12,17-22H2,(H,30,34). The zero-order valence-electron chi connectivity index (χ0n) is 20.8. The van der Waals surface area contributed by atoms with Crippen LogP contribution in [0.3, 0.4) is 0 Å². The summed E-state index contributed by atoms with van der Waals surface area (Å²) in [7, 11) is 0. The maximum absolute atomic E-state index is 13.1. The van der Waals surface area contributed by atoms with Crippen molar-refractivity contribution in [3.63, 3.8) is 0 Å². The highest BCUT2D eigenvalue weighted by Crippen LogP contribution is 2.18. The van der Waals surface area contributed by atoms with Crippen LogP contribution in [0.4, 0.5) is 9.59 Å². The number of carbonyl (C=O) groups excluding carboxylic acids is 2. The van der Waals surface area contributed by atoms with E-state index in [1.54, 1.807) is 12.1 Å². The summed E-state index contributed by atoms with van der Waals surface area (Å²) in [4.78, 5) is 28.1. The molecule has 8 heteroatoms. The van der Waals surface area contributed by atoms with Crippen molar-refractivity contribution >= 4 is 12.2 Å². The number of amides is 2. The topological polar surface area (TPSA) is 91.3 Å². The Balaban J connectivity index is 1.38. The predicted octanol–water partition coefficient (Wildman–Crippen LogP) is 4.88. The summed E-state index contributed by atoms with van der Waals surface area (Å²) >= 11 is 0. The molecule has 37 heavy (non-hydrogen) atoms. The SMILES string of the molecule is O=C(NN(C(=O)OCc1ccccc1)C1CCCN(CCc2ccc(O)cc2)C1)OCc1ccccc1. The molecule has 1 fully saturated rings. The number of nitrogens with zero attached hydrogens (tertiary/aromatic N) is 2. The number of phenols is 1. The Morgan fingerprint density at radius 3 is 2.14 bits per heavy atom. The summed E-state index contributed by atoms with van der Waals surface area (Å²) in [5.74, 6) is 0.247. The van der Waals surface area contributed by atoms with Gasteiger partial charge in [0.25, 0.3) is 0 Å². The van der Waals surface area contributed by atoms with Gasteiger partial charge in [-0.25, -0.2) is 20.0 Å². The van der Waals surface area contributed by atoms with E-state index < -0.39 is 12.2 Å². The van der Waals surface area contributed by atoms with Crippen LogP contribution in [-0.2, 0) is 29.1 Å². The van der Waals surface area contributed by atoms with Gasteiger partial charge in [0.1, 0.15) is 19.0 Å². The molecule has 0 bridgehead atoms. The molecule has 0 saturated carbocycles. The third kappa shape index (κ3) is 8.25. The van der Waals surface area contributed by atoms with Crippen molar-refractivity contribution in [1.29, 1.82) is 0 Å². The number of ether oxygens (including phenoxy) is 2. The second-order valence-corrected chi connectivity index (χ2v) is 9.10. The lowest BCUT2D eigenvalue weighted by Crippen LogP contribution is -2.57. The highest BCUT2D eigenvalue weighted by atomic mass is 16.6. The third-order valence-electron chi connectivity index (χ3n) is 6.33. The first-order chi connectivity index (χ1) is 18.1. The number of benzene rings is 3. The predicted molar refractivity (Wildman–Crippen MR) is 140 cm³/mol. The van der Waals surface area contributed by atoms with Gasteiger partial charge in [-0.15, -0.1) is 0 Å². The van der Waals surface area contributed by atoms with Gasteiger partial charge in [0.15, 0.2) is 0 Å². The second-order valence-electron chi connectivity index (χ2n) is 9.10. The van der Waals surface area contributed by atoms with E-state index in [4.69, 9.17) is 9.47 Å². The zero-order valence-corrected chi connectivity index (χ0v) is 20.8. The lowest BCUT2D eigenvalue weighted by molar-refractivity contribution is 0.0258. The van der Waals surface area contributed by atoms with Crippen molar-refractivity contribution < 1.29 is 24.2 Å². The van der Waals surface area contributed by atoms with Crippen molar-refractivity contribution in [2.24, 2.45) is 0 Å². The van der Waals surface area contributed by atoms with Gasteiger partial charge >= 0.3 is 12.2 Å². The maximum Gasteiger partial charge on any atom is 0.429 e. The molecule has 1 saturated heterocycles. The molecule has 1 atom stereocenters. The molecule has 8 nitrogen and oxygen atoms in total. The van der Waals surface area contributed by atoms with Crippen LogP contribution >= 0.6 is 0 Å². The fourth-order valence-corrected chi connectivity index (χ4v) is 4.32. The molecule has 1 aliphatic rings. The monoisotopic (exact) mass is 503 g/mol. The molecular weight excluding hydrogens is 470 g/mol. The molecule has 0 spiro atoms. The van der Waals surface area contributed by atoms with E-state index in [1.165, 1.54) is 5.01 Å². The number of aromatic hydroxyl groups is 1. The van der Waals surface area contributed by atoms with Crippen molar-refractivity contribution in [2.75, 3.05) is 19.6 Å². The van der Waals surface area contributed by atoms with Crippen LogP contribution in [0, 0.1) is 0 Å². The Morgan fingerprint density at radius 2 is 1.49 bits per heavy atom. The Morgan fingerprint density at radius 1 is 0.865 bits per heavy atom. The average molecular weight is 504 g/mol. The van der Waals surface area contributed by atoms with Crippen LogP contribution < -0.4 is 5.43 Å². The van der Waals surface area contributed by atoms with Gasteiger partial charge in [0.2, 0.25) is 0 Å². The molecule has 1 heterocycles. The van der Waals surface area contributed by atoms with Crippen LogP contribution in [0.2, 0.25) is 0 Å². The van der Waals surface area contributed by atoms with E-state index in [9.17, 15) is 14.7 Å². The molecule has 3 aromatic carbocycles. The Kier molecular flexibility index (Phi) is 9.37. The fraction of sp³-hybridized carbons (Fsp3) is 0.310. The van der Waals surface area contributed by atoms with Crippen molar-refractivity contribution in [1.82, 2.24) is 15.3 Å². The average Bonchev–Trinajstić information content (AvgIpc) is 2.94. The van der Waals surface area contributed by atoms with Crippen molar-refractivity contribution in [3.05, 3.63) is 102 Å². The summed E-state index contributed by atoms with van der Waals surface area (Å²) < 4.78 is 10.9. The van der Waals surface area contributed by atoms with Crippen LogP contribution in [0.25, 0.3) is 0 Å². The first-order valence-electron chi connectivity index (χ1n) is 12.5. The Labute approximate surface area is 217 Å². The molecule has 1 unspecified atom stereocenters. The minimum absolute atomic E-state index is 0.100. The molecular formula is C29H33N3O5. The minimum Gasteiger partial charge on any atom is -0.508 e. The lowest BCUT2D eigenvalue weighted by Gasteiger charge is -2.38. The highest BCUT2D eigenvalue weighted by molar-refractivity contribution is 5.74. The number of hydrogen-bond acceptors (Lipinski definition) is 6. The number of rotatable bonds is 8. The molecule has 1 aliphatic heterocycles. The van der Waals surface area contributed by atoms with Crippen LogP contribution in [0.15, 0.2) is 84.9 Å². The number of hydrazine groups is 1. The number of piperidine rings is 1. The van der Waals surface area contributed by atoms with E-state index >= 15 is 0 Å². The number of nitrogens with one attached hydrogen (secondary N) is 1. The highest BCUT2D eigenvalue weighted by Gasteiger charge is 2.31. The number of likely N-dealkylation sites (tertiary alicyclic amines) is 1. The van der Waals surface area contributed by atoms with Crippen molar-refractivity contribution in [2.45, 2.75) is 38.5 Å². The smallest absolute Gasteiger partial charge is 0.429 e. The largest absolute Gasteiger partial charge is 0.508 e. The molecule has 2 amide bonds. The molecule has 2 N–H and O–H groups in total. The van der Waals surface area contributed by atoms with Crippen LogP contribution in [-0.4, -0.2) is 52.9 Å². The molecule has 194 valence electrons. The summed E-state index contributed by atoms with van der Waals surface area (Å²) in [6.45, 7) is 2.50. The Bertz CT molecular complexity index is 1130. The van der Waals surface area contributed by atoms with Crippen molar-refractivity contribution in [3.8, 4) is 5.75 Å². The molecule has 4 rings (SSSR count). The van der Waals surface area contributed by atoms with E-state index in [0.717, 1.165) is 49.0 Å². The minimum atomic E-state index is -0.707. The normalized spacial score (nSPS) is 15.5.